The fraction of sp³-hybridized carbons (Fsp3) is 0.400. The highest BCUT2D eigenvalue weighted by molar-refractivity contribution is 5.33. The predicted octanol–water partition coefficient (Wildman–Crippen LogP) is 4.24. The predicted molar refractivity (Wildman–Crippen MR) is 87.3 cm³/mol. The lowest BCUT2D eigenvalue weighted by atomic mass is 9.76. The van der Waals surface area contributed by atoms with Gasteiger partial charge in [-0.15, -0.1) is 0 Å². The SMILES string of the molecule is c1ccc(CN2CCC3CC(Cc4ccccc43)C2)cc1. The van der Waals surface area contributed by atoms with E-state index in [1.54, 1.807) is 11.1 Å². The second-order valence-electron chi connectivity index (χ2n) is 6.71. The van der Waals surface area contributed by atoms with Crippen LogP contribution in [0.2, 0.25) is 0 Å². The van der Waals surface area contributed by atoms with E-state index in [4.69, 9.17) is 0 Å². The Morgan fingerprint density at radius 3 is 2.67 bits per heavy atom. The summed E-state index contributed by atoms with van der Waals surface area (Å²) in [5, 5.41) is 0. The van der Waals surface area contributed by atoms with Gasteiger partial charge in [-0.3, -0.25) is 4.90 Å². The van der Waals surface area contributed by atoms with Gasteiger partial charge in [-0.05, 0) is 54.3 Å². The minimum atomic E-state index is 0.792. The monoisotopic (exact) mass is 277 g/mol. The van der Waals surface area contributed by atoms with Gasteiger partial charge >= 0.3 is 0 Å². The van der Waals surface area contributed by atoms with Crippen LogP contribution in [0.25, 0.3) is 0 Å². The summed E-state index contributed by atoms with van der Waals surface area (Å²) in [5.74, 6) is 1.64. The zero-order valence-corrected chi connectivity index (χ0v) is 12.5. The number of fused-ring (bicyclic) bond motifs is 4. The molecule has 2 aromatic rings. The first kappa shape index (κ1) is 13.1. The van der Waals surface area contributed by atoms with Crippen LogP contribution < -0.4 is 0 Å². The normalized spacial score (nSPS) is 25.1. The average Bonchev–Trinajstić information content (AvgIpc) is 2.68. The van der Waals surface area contributed by atoms with Gasteiger partial charge in [0.15, 0.2) is 0 Å². The van der Waals surface area contributed by atoms with Gasteiger partial charge < -0.3 is 0 Å². The maximum Gasteiger partial charge on any atom is 0.0233 e. The molecule has 0 spiro atoms. The number of hydrogen-bond donors (Lipinski definition) is 0. The van der Waals surface area contributed by atoms with Gasteiger partial charge in [0, 0.05) is 13.1 Å². The molecule has 1 aliphatic carbocycles. The van der Waals surface area contributed by atoms with Crippen molar-refractivity contribution in [3.8, 4) is 0 Å². The highest BCUT2D eigenvalue weighted by atomic mass is 15.1. The van der Waals surface area contributed by atoms with Gasteiger partial charge in [-0.25, -0.2) is 0 Å². The third-order valence-electron chi connectivity index (χ3n) is 5.18. The van der Waals surface area contributed by atoms with Crippen molar-refractivity contribution in [2.75, 3.05) is 13.1 Å². The summed E-state index contributed by atoms with van der Waals surface area (Å²) < 4.78 is 0. The zero-order chi connectivity index (χ0) is 14.1. The molecule has 1 nitrogen and oxygen atoms in total. The number of hydrogen-bond acceptors (Lipinski definition) is 1. The number of likely N-dealkylation sites (tertiary alicyclic amines) is 1. The van der Waals surface area contributed by atoms with Gasteiger partial charge in [-0.1, -0.05) is 54.6 Å². The summed E-state index contributed by atoms with van der Waals surface area (Å²) in [4.78, 5) is 2.67. The smallest absolute Gasteiger partial charge is 0.0233 e. The third kappa shape index (κ3) is 2.75. The molecule has 1 fully saturated rings. The molecule has 4 rings (SSSR count). The molecule has 2 bridgehead atoms. The number of benzene rings is 2. The Labute approximate surface area is 127 Å². The summed E-state index contributed by atoms with van der Waals surface area (Å²) in [6.45, 7) is 3.62. The molecule has 1 heteroatoms. The van der Waals surface area contributed by atoms with E-state index >= 15 is 0 Å². The molecule has 2 atom stereocenters. The van der Waals surface area contributed by atoms with Crippen LogP contribution in [0.3, 0.4) is 0 Å². The molecular weight excluding hydrogens is 254 g/mol. The van der Waals surface area contributed by atoms with Crippen molar-refractivity contribution < 1.29 is 0 Å². The minimum Gasteiger partial charge on any atom is -0.299 e. The van der Waals surface area contributed by atoms with Crippen LogP contribution in [0.5, 0.6) is 0 Å². The molecule has 1 aliphatic heterocycles. The highest BCUT2D eigenvalue weighted by Gasteiger charge is 2.30. The van der Waals surface area contributed by atoms with Crippen molar-refractivity contribution >= 4 is 0 Å². The van der Waals surface area contributed by atoms with E-state index in [2.05, 4.69) is 59.5 Å². The van der Waals surface area contributed by atoms with Gasteiger partial charge in [0.2, 0.25) is 0 Å². The first-order valence-corrected chi connectivity index (χ1v) is 8.22. The van der Waals surface area contributed by atoms with E-state index in [0.29, 0.717) is 0 Å². The van der Waals surface area contributed by atoms with Gasteiger partial charge in [0.05, 0.1) is 0 Å². The average molecular weight is 277 g/mol. The van der Waals surface area contributed by atoms with Crippen molar-refractivity contribution in [2.24, 2.45) is 5.92 Å². The topological polar surface area (TPSA) is 3.24 Å². The summed E-state index contributed by atoms with van der Waals surface area (Å²) in [7, 11) is 0. The maximum atomic E-state index is 2.67. The lowest BCUT2D eigenvalue weighted by Crippen LogP contribution is -2.29. The molecule has 1 heterocycles. The van der Waals surface area contributed by atoms with Crippen LogP contribution in [0.15, 0.2) is 54.6 Å². The maximum absolute atomic E-state index is 2.67. The third-order valence-corrected chi connectivity index (χ3v) is 5.18. The molecule has 108 valence electrons. The van der Waals surface area contributed by atoms with Crippen molar-refractivity contribution in [2.45, 2.75) is 31.7 Å². The summed E-state index contributed by atoms with van der Waals surface area (Å²) in [5.41, 5.74) is 4.70. The van der Waals surface area contributed by atoms with E-state index in [-0.39, 0.29) is 0 Å². The fourth-order valence-electron chi connectivity index (χ4n) is 4.23. The quantitative estimate of drug-likeness (QED) is 0.793. The van der Waals surface area contributed by atoms with Crippen molar-refractivity contribution in [1.82, 2.24) is 4.90 Å². The molecule has 1 saturated heterocycles. The molecule has 0 radical (unpaired) electrons. The molecule has 2 unspecified atom stereocenters. The second kappa shape index (κ2) is 5.65. The zero-order valence-electron chi connectivity index (χ0n) is 12.5. The fourth-order valence-corrected chi connectivity index (χ4v) is 4.23. The Morgan fingerprint density at radius 1 is 0.952 bits per heavy atom. The molecular formula is C20H23N. The Bertz CT molecular complexity index is 604. The number of rotatable bonds is 2. The van der Waals surface area contributed by atoms with Crippen LogP contribution in [0.4, 0.5) is 0 Å². The van der Waals surface area contributed by atoms with Crippen molar-refractivity contribution in [3.05, 3.63) is 71.3 Å². The standard InChI is InChI=1S/C20H23N/c1-2-6-16(7-3-1)14-21-11-10-19-13-17(15-21)12-18-8-4-5-9-20(18)19/h1-9,17,19H,10-15H2. The van der Waals surface area contributed by atoms with Crippen molar-refractivity contribution in [3.63, 3.8) is 0 Å². The summed E-state index contributed by atoms with van der Waals surface area (Å²) in [6.07, 6.45) is 3.99. The van der Waals surface area contributed by atoms with Crippen LogP contribution in [0.1, 0.15) is 35.4 Å². The molecule has 0 N–H and O–H groups in total. The molecule has 2 aliphatic rings. The largest absolute Gasteiger partial charge is 0.299 e. The Balaban J connectivity index is 1.52. The van der Waals surface area contributed by atoms with E-state index in [0.717, 1.165) is 18.4 Å². The molecule has 2 aromatic carbocycles. The van der Waals surface area contributed by atoms with Gasteiger partial charge in [-0.2, -0.15) is 0 Å². The Morgan fingerprint density at radius 2 is 1.76 bits per heavy atom. The van der Waals surface area contributed by atoms with E-state index in [9.17, 15) is 0 Å². The van der Waals surface area contributed by atoms with E-state index in [1.807, 2.05) is 0 Å². The lowest BCUT2D eigenvalue weighted by molar-refractivity contribution is 0.240. The molecule has 0 aromatic heterocycles. The van der Waals surface area contributed by atoms with Crippen LogP contribution in [0, 0.1) is 5.92 Å². The van der Waals surface area contributed by atoms with Crippen LogP contribution in [-0.2, 0) is 13.0 Å². The first-order chi connectivity index (χ1) is 10.4. The van der Waals surface area contributed by atoms with E-state index in [1.165, 1.54) is 37.9 Å². The summed E-state index contributed by atoms with van der Waals surface area (Å²) >= 11 is 0. The van der Waals surface area contributed by atoms with Crippen LogP contribution in [-0.4, -0.2) is 18.0 Å². The van der Waals surface area contributed by atoms with E-state index < -0.39 is 0 Å². The number of nitrogens with zero attached hydrogens (tertiary/aromatic N) is 1. The van der Waals surface area contributed by atoms with Gasteiger partial charge in [0.25, 0.3) is 0 Å². The van der Waals surface area contributed by atoms with Crippen LogP contribution >= 0.6 is 0 Å². The lowest BCUT2D eigenvalue weighted by Gasteiger charge is -2.29. The molecule has 21 heavy (non-hydrogen) atoms. The highest BCUT2D eigenvalue weighted by Crippen LogP contribution is 2.39. The minimum absolute atomic E-state index is 0.792. The van der Waals surface area contributed by atoms with Crippen molar-refractivity contribution in [1.29, 1.82) is 0 Å². The molecule has 0 saturated carbocycles. The first-order valence-electron chi connectivity index (χ1n) is 8.22. The second-order valence-corrected chi connectivity index (χ2v) is 6.71. The summed E-state index contributed by atoms with van der Waals surface area (Å²) in [6, 6.07) is 20.1. The van der Waals surface area contributed by atoms with Gasteiger partial charge in [0.1, 0.15) is 0 Å². The molecule has 0 amide bonds. The Hall–Kier alpha value is -1.60. The Kier molecular flexibility index (Phi) is 3.52.